The number of carbonyl (C=O) groups excluding carboxylic acids is 2. The van der Waals surface area contributed by atoms with E-state index in [4.69, 9.17) is 0 Å². The molecular weight excluding hydrogens is 314 g/mol. The molecule has 144 valence electrons. The van der Waals surface area contributed by atoms with Gasteiger partial charge in [0.25, 0.3) is 0 Å². The van der Waals surface area contributed by atoms with Gasteiger partial charge in [-0.25, -0.2) is 0 Å². The number of likely N-dealkylation sites (N-methyl/N-ethyl adjacent to an activating group) is 1. The van der Waals surface area contributed by atoms with Crippen LogP contribution in [0.15, 0.2) is 0 Å². The molecule has 0 spiro atoms. The smallest absolute Gasteiger partial charge is 0.248 e. The minimum Gasteiger partial charge on any atom is -0.342 e. The first kappa shape index (κ1) is 20.2. The molecule has 2 fully saturated rings. The Morgan fingerprint density at radius 3 is 2.40 bits per heavy atom. The average Bonchev–Trinajstić information content (AvgIpc) is 2.64. The molecule has 5 heteroatoms. The van der Waals surface area contributed by atoms with Gasteiger partial charge in [0.1, 0.15) is 5.54 Å². The van der Waals surface area contributed by atoms with Crippen LogP contribution in [0.4, 0.5) is 0 Å². The quantitative estimate of drug-likeness (QED) is 0.741. The summed E-state index contributed by atoms with van der Waals surface area (Å²) >= 11 is 0. The van der Waals surface area contributed by atoms with Crippen molar-refractivity contribution in [1.29, 1.82) is 0 Å². The fourth-order valence-electron chi connectivity index (χ4n) is 4.50. The van der Waals surface area contributed by atoms with Crippen molar-refractivity contribution < 1.29 is 9.59 Å². The lowest BCUT2D eigenvalue weighted by Crippen LogP contribution is -2.60. The molecule has 2 rings (SSSR count). The van der Waals surface area contributed by atoms with E-state index in [1.807, 2.05) is 18.7 Å². The van der Waals surface area contributed by atoms with E-state index >= 15 is 0 Å². The topological polar surface area (TPSA) is 61.4 Å². The maximum absolute atomic E-state index is 13.1. The molecule has 2 aliphatic rings. The molecule has 2 N–H and O–H groups in total. The molecular formula is C20H37N3O2. The van der Waals surface area contributed by atoms with Crippen molar-refractivity contribution in [2.75, 3.05) is 26.2 Å². The fourth-order valence-corrected chi connectivity index (χ4v) is 4.50. The Morgan fingerprint density at radius 1 is 1.16 bits per heavy atom. The van der Waals surface area contributed by atoms with Gasteiger partial charge < -0.3 is 15.5 Å². The van der Waals surface area contributed by atoms with E-state index in [-0.39, 0.29) is 11.8 Å². The van der Waals surface area contributed by atoms with E-state index in [1.54, 1.807) is 0 Å². The van der Waals surface area contributed by atoms with Crippen molar-refractivity contribution >= 4 is 11.8 Å². The summed E-state index contributed by atoms with van der Waals surface area (Å²) < 4.78 is 0. The lowest BCUT2D eigenvalue weighted by Gasteiger charge is -2.40. The van der Waals surface area contributed by atoms with Gasteiger partial charge in [0.2, 0.25) is 11.8 Å². The summed E-state index contributed by atoms with van der Waals surface area (Å²) in [6.45, 7) is 9.72. The van der Waals surface area contributed by atoms with Crippen molar-refractivity contribution in [3.8, 4) is 0 Å². The maximum Gasteiger partial charge on any atom is 0.248 e. The molecule has 1 heterocycles. The van der Waals surface area contributed by atoms with Crippen molar-refractivity contribution in [2.45, 2.75) is 77.7 Å². The first-order valence-corrected chi connectivity index (χ1v) is 10.3. The first-order chi connectivity index (χ1) is 12.0. The van der Waals surface area contributed by atoms with Gasteiger partial charge in [-0.3, -0.25) is 9.59 Å². The maximum atomic E-state index is 13.1. The second kappa shape index (κ2) is 9.56. The largest absolute Gasteiger partial charge is 0.342 e. The molecule has 0 bridgehead atoms. The minimum absolute atomic E-state index is 0.0560. The monoisotopic (exact) mass is 351 g/mol. The van der Waals surface area contributed by atoms with Gasteiger partial charge >= 0.3 is 0 Å². The highest BCUT2D eigenvalue weighted by Crippen LogP contribution is 2.31. The Labute approximate surface area is 153 Å². The van der Waals surface area contributed by atoms with Gasteiger partial charge in [0.15, 0.2) is 0 Å². The lowest BCUT2D eigenvalue weighted by atomic mass is 9.79. The molecule has 2 unspecified atom stereocenters. The van der Waals surface area contributed by atoms with Crippen LogP contribution in [0.2, 0.25) is 0 Å². The second-order valence-corrected chi connectivity index (χ2v) is 7.96. The van der Waals surface area contributed by atoms with Crippen LogP contribution in [0.1, 0.15) is 72.1 Å². The number of rotatable bonds is 7. The molecule has 2 amide bonds. The third-order valence-corrected chi connectivity index (χ3v) is 6.19. The predicted molar refractivity (Wildman–Crippen MR) is 101 cm³/mol. The summed E-state index contributed by atoms with van der Waals surface area (Å²) in [5, 5.41) is 6.63. The molecule has 1 saturated heterocycles. The van der Waals surface area contributed by atoms with Crippen LogP contribution in [-0.2, 0) is 9.59 Å². The third-order valence-electron chi connectivity index (χ3n) is 6.19. The predicted octanol–water partition coefficient (Wildman–Crippen LogP) is 2.70. The van der Waals surface area contributed by atoms with Crippen molar-refractivity contribution in [2.24, 2.45) is 11.8 Å². The standard InChI is InChI=1S/C20H37N3O2/c1-4-23(5-2)19(25)20(11-7-6-8-12-20)22-18(24)14-16(3)17-10-9-13-21-15-17/h16-17,21H,4-15H2,1-3H3,(H,22,24). The first-order valence-electron chi connectivity index (χ1n) is 10.3. The lowest BCUT2D eigenvalue weighted by molar-refractivity contribution is -0.143. The molecule has 0 aromatic rings. The van der Waals surface area contributed by atoms with Crippen molar-refractivity contribution in [3.63, 3.8) is 0 Å². The van der Waals surface area contributed by atoms with Gasteiger partial charge in [-0.2, -0.15) is 0 Å². The van der Waals surface area contributed by atoms with Crippen LogP contribution in [0.5, 0.6) is 0 Å². The zero-order valence-electron chi connectivity index (χ0n) is 16.4. The summed E-state index contributed by atoms with van der Waals surface area (Å²) in [6.07, 6.45) is 7.70. The summed E-state index contributed by atoms with van der Waals surface area (Å²) in [5.74, 6) is 1.11. The Morgan fingerprint density at radius 2 is 1.84 bits per heavy atom. The van der Waals surface area contributed by atoms with Gasteiger partial charge in [-0.1, -0.05) is 26.2 Å². The van der Waals surface area contributed by atoms with Crippen molar-refractivity contribution in [1.82, 2.24) is 15.5 Å². The number of carbonyl (C=O) groups is 2. The second-order valence-electron chi connectivity index (χ2n) is 7.96. The molecule has 0 radical (unpaired) electrons. The molecule has 5 nitrogen and oxygen atoms in total. The van der Waals surface area contributed by atoms with E-state index in [0.717, 1.165) is 45.2 Å². The Hall–Kier alpha value is -1.10. The van der Waals surface area contributed by atoms with E-state index in [1.165, 1.54) is 12.8 Å². The van der Waals surface area contributed by atoms with Gasteiger partial charge in [-0.05, 0) is 64.5 Å². The molecule has 25 heavy (non-hydrogen) atoms. The van der Waals surface area contributed by atoms with E-state index in [2.05, 4.69) is 17.6 Å². The van der Waals surface area contributed by atoms with E-state index < -0.39 is 5.54 Å². The highest BCUT2D eigenvalue weighted by molar-refractivity contribution is 5.91. The number of amides is 2. The summed E-state index contributed by atoms with van der Waals surface area (Å²) in [6, 6.07) is 0. The summed E-state index contributed by atoms with van der Waals surface area (Å²) in [4.78, 5) is 27.8. The van der Waals surface area contributed by atoms with E-state index in [0.29, 0.717) is 31.3 Å². The number of piperidine rings is 1. The van der Waals surface area contributed by atoms with Gasteiger partial charge in [0.05, 0.1) is 0 Å². The number of hydrogen-bond acceptors (Lipinski definition) is 3. The fraction of sp³-hybridized carbons (Fsp3) is 0.900. The van der Waals surface area contributed by atoms with Gasteiger partial charge in [-0.15, -0.1) is 0 Å². The average molecular weight is 352 g/mol. The molecule has 0 aromatic carbocycles. The molecule has 1 aliphatic heterocycles. The van der Waals surface area contributed by atoms with Gasteiger partial charge in [0, 0.05) is 19.5 Å². The molecule has 1 aliphatic carbocycles. The van der Waals surface area contributed by atoms with Crippen LogP contribution < -0.4 is 10.6 Å². The zero-order valence-corrected chi connectivity index (χ0v) is 16.4. The normalized spacial score (nSPS) is 24.4. The van der Waals surface area contributed by atoms with Crippen LogP contribution in [-0.4, -0.2) is 48.4 Å². The van der Waals surface area contributed by atoms with Crippen LogP contribution in [0.25, 0.3) is 0 Å². The molecule has 2 atom stereocenters. The summed E-state index contributed by atoms with van der Waals surface area (Å²) in [7, 11) is 0. The Kier molecular flexibility index (Phi) is 7.73. The third kappa shape index (κ3) is 5.19. The van der Waals surface area contributed by atoms with E-state index in [9.17, 15) is 9.59 Å². The minimum atomic E-state index is -0.661. The van der Waals surface area contributed by atoms with Crippen molar-refractivity contribution in [3.05, 3.63) is 0 Å². The van der Waals surface area contributed by atoms with Crippen LogP contribution in [0.3, 0.4) is 0 Å². The summed E-state index contributed by atoms with van der Waals surface area (Å²) in [5.41, 5.74) is -0.661. The Bertz CT molecular complexity index is 436. The SMILES string of the molecule is CCN(CC)C(=O)C1(NC(=O)CC(C)C2CCCNC2)CCCCC1. The number of nitrogens with one attached hydrogen (secondary N) is 2. The van der Waals surface area contributed by atoms with Crippen LogP contribution >= 0.6 is 0 Å². The Balaban J connectivity index is 2.00. The zero-order chi connectivity index (χ0) is 18.3. The highest BCUT2D eigenvalue weighted by Gasteiger charge is 2.42. The molecule has 1 saturated carbocycles. The highest BCUT2D eigenvalue weighted by atomic mass is 16.2. The molecule has 0 aromatic heterocycles. The number of nitrogens with zero attached hydrogens (tertiary/aromatic N) is 1. The number of hydrogen-bond donors (Lipinski definition) is 2. The van der Waals surface area contributed by atoms with Crippen LogP contribution in [0, 0.1) is 11.8 Å².